The average molecular weight is 388 g/mol. The van der Waals surface area contributed by atoms with Crippen molar-refractivity contribution in [2.75, 3.05) is 5.32 Å². The third kappa shape index (κ3) is 4.48. The first-order valence-corrected chi connectivity index (χ1v) is 9.21. The summed E-state index contributed by atoms with van der Waals surface area (Å²) >= 11 is 6.15. The van der Waals surface area contributed by atoms with Crippen LogP contribution in [0.3, 0.4) is 0 Å². The molecule has 0 aliphatic rings. The van der Waals surface area contributed by atoms with Crippen molar-refractivity contribution in [3.8, 4) is 0 Å². The molecule has 0 atom stereocenters. The van der Waals surface area contributed by atoms with Crippen molar-refractivity contribution in [1.29, 1.82) is 0 Å². The zero-order chi connectivity index (χ0) is 19.8. The molecule has 6 heteroatoms. The molecule has 0 unspecified atom stereocenters. The number of halogens is 2. The molecule has 0 bridgehead atoms. The topological polar surface area (TPSA) is 46.9 Å². The number of benzene rings is 1. The predicted molar refractivity (Wildman–Crippen MR) is 108 cm³/mol. The van der Waals surface area contributed by atoms with Gasteiger partial charge in [-0.1, -0.05) is 38.4 Å². The fourth-order valence-electron chi connectivity index (χ4n) is 2.98. The molecule has 1 aromatic carbocycles. The van der Waals surface area contributed by atoms with E-state index in [0.717, 1.165) is 16.6 Å². The van der Waals surface area contributed by atoms with Gasteiger partial charge in [0.1, 0.15) is 11.6 Å². The Morgan fingerprint density at radius 1 is 1.30 bits per heavy atom. The number of nitrogens with zero attached hydrogens (tertiary/aromatic N) is 2. The van der Waals surface area contributed by atoms with E-state index in [1.807, 2.05) is 50.6 Å². The number of carbonyl (C=O) groups excluding carboxylic acids is 1. The summed E-state index contributed by atoms with van der Waals surface area (Å²) in [4.78, 5) is 16.8. The summed E-state index contributed by atoms with van der Waals surface area (Å²) in [5.41, 5.74) is 2.80. The fraction of sp³-hybridized carbons (Fsp3) is 0.333. The van der Waals surface area contributed by atoms with Crippen molar-refractivity contribution < 1.29 is 9.18 Å². The normalized spacial score (nSPS) is 11.8. The Balaban J connectivity index is 1.89. The molecule has 142 valence electrons. The molecule has 0 fully saturated rings. The van der Waals surface area contributed by atoms with Crippen LogP contribution in [0.4, 0.5) is 10.2 Å². The Morgan fingerprint density at radius 3 is 2.70 bits per heavy atom. The SMILES string of the molecule is Cc1cc2c(ccn2Cc2c(F)cccc2Cl)nc1NC(=O)CC(C)(C)C. The number of rotatable bonds is 4. The van der Waals surface area contributed by atoms with E-state index in [-0.39, 0.29) is 17.1 Å². The molecule has 0 spiro atoms. The van der Waals surface area contributed by atoms with Gasteiger partial charge in [0.25, 0.3) is 0 Å². The van der Waals surface area contributed by atoms with E-state index in [1.54, 1.807) is 12.1 Å². The Kier molecular flexibility index (Phi) is 5.24. The van der Waals surface area contributed by atoms with Gasteiger partial charge in [-0.05, 0) is 42.2 Å². The summed E-state index contributed by atoms with van der Waals surface area (Å²) < 4.78 is 16.0. The van der Waals surface area contributed by atoms with Crippen LogP contribution in [0, 0.1) is 18.2 Å². The number of amides is 1. The van der Waals surface area contributed by atoms with Crippen molar-refractivity contribution in [3.05, 3.63) is 58.5 Å². The van der Waals surface area contributed by atoms with Crippen molar-refractivity contribution >= 4 is 34.4 Å². The molecule has 0 saturated carbocycles. The number of pyridine rings is 1. The highest BCUT2D eigenvalue weighted by atomic mass is 35.5. The second-order valence-electron chi connectivity index (χ2n) is 7.99. The molecule has 3 rings (SSSR count). The van der Waals surface area contributed by atoms with E-state index in [9.17, 15) is 9.18 Å². The summed E-state index contributed by atoms with van der Waals surface area (Å²) in [7, 11) is 0. The lowest BCUT2D eigenvalue weighted by atomic mass is 9.92. The van der Waals surface area contributed by atoms with Crippen LogP contribution in [0.15, 0.2) is 36.5 Å². The van der Waals surface area contributed by atoms with E-state index < -0.39 is 0 Å². The largest absolute Gasteiger partial charge is 0.342 e. The number of aromatic nitrogens is 2. The molecular weight excluding hydrogens is 365 g/mol. The maximum Gasteiger partial charge on any atom is 0.226 e. The number of carbonyl (C=O) groups is 1. The van der Waals surface area contributed by atoms with Crippen LogP contribution in [0.25, 0.3) is 11.0 Å². The maximum atomic E-state index is 14.1. The maximum absolute atomic E-state index is 14.1. The molecule has 4 nitrogen and oxygen atoms in total. The van der Waals surface area contributed by atoms with E-state index in [4.69, 9.17) is 11.6 Å². The van der Waals surface area contributed by atoms with E-state index in [1.165, 1.54) is 6.07 Å². The van der Waals surface area contributed by atoms with E-state index in [2.05, 4.69) is 10.3 Å². The van der Waals surface area contributed by atoms with Crippen LogP contribution in [-0.4, -0.2) is 15.5 Å². The first kappa shape index (κ1) is 19.4. The van der Waals surface area contributed by atoms with Crippen molar-refractivity contribution in [2.24, 2.45) is 5.41 Å². The molecule has 2 aromatic heterocycles. The van der Waals surface area contributed by atoms with Gasteiger partial charge in [0.15, 0.2) is 0 Å². The molecule has 3 aromatic rings. The van der Waals surface area contributed by atoms with Gasteiger partial charge >= 0.3 is 0 Å². The van der Waals surface area contributed by atoms with Gasteiger partial charge in [-0.3, -0.25) is 4.79 Å². The minimum atomic E-state index is -0.333. The Bertz CT molecular complexity index is 984. The summed E-state index contributed by atoms with van der Waals surface area (Å²) in [6.45, 7) is 8.26. The lowest BCUT2D eigenvalue weighted by Gasteiger charge is -2.17. The van der Waals surface area contributed by atoms with Crippen LogP contribution >= 0.6 is 11.6 Å². The van der Waals surface area contributed by atoms with Gasteiger partial charge in [0, 0.05) is 23.2 Å². The molecular formula is C21H23ClFN3O. The summed E-state index contributed by atoms with van der Waals surface area (Å²) in [6.07, 6.45) is 2.26. The quantitative estimate of drug-likeness (QED) is 0.637. The predicted octanol–water partition coefficient (Wildman–Crippen LogP) is 5.56. The van der Waals surface area contributed by atoms with E-state index >= 15 is 0 Å². The van der Waals surface area contributed by atoms with Gasteiger partial charge in [0.05, 0.1) is 17.6 Å². The molecule has 0 aliphatic heterocycles. The molecule has 27 heavy (non-hydrogen) atoms. The first-order valence-electron chi connectivity index (χ1n) is 8.83. The van der Waals surface area contributed by atoms with Gasteiger partial charge in [0.2, 0.25) is 5.91 Å². The van der Waals surface area contributed by atoms with Gasteiger partial charge in [-0.25, -0.2) is 9.37 Å². The van der Waals surface area contributed by atoms with Crippen LogP contribution in [0.5, 0.6) is 0 Å². The molecule has 1 N–H and O–H groups in total. The third-order valence-electron chi connectivity index (χ3n) is 4.28. The third-order valence-corrected chi connectivity index (χ3v) is 4.64. The summed E-state index contributed by atoms with van der Waals surface area (Å²) in [5.74, 6) is 0.161. The van der Waals surface area contributed by atoms with Gasteiger partial charge < -0.3 is 9.88 Å². The van der Waals surface area contributed by atoms with Gasteiger partial charge in [-0.2, -0.15) is 0 Å². The molecule has 0 aliphatic carbocycles. The van der Waals surface area contributed by atoms with E-state index in [0.29, 0.717) is 29.4 Å². The first-order chi connectivity index (χ1) is 12.6. The highest BCUT2D eigenvalue weighted by Crippen LogP contribution is 2.26. The number of aryl methyl sites for hydroxylation is 1. The standard InChI is InChI=1S/C21H23ClFN3O/c1-13-10-18-17(24-20(13)25-19(27)11-21(2,3)4)8-9-26(18)12-14-15(22)6-5-7-16(14)23/h5-10H,11-12H2,1-4H3,(H,24,25,27). The van der Waals surface area contributed by atoms with Crippen molar-refractivity contribution in [1.82, 2.24) is 9.55 Å². The number of anilines is 1. The number of hydrogen-bond donors (Lipinski definition) is 1. The Morgan fingerprint density at radius 2 is 2.04 bits per heavy atom. The van der Waals surface area contributed by atoms with Crippen LogP contribution in [0.2, 0.25) is 5.02 Å². The fourth-order valence-corrected chi connectivity index (χ4v) is 3.21. The van der Waals surface area contributed by atoms with Crippen LogP contribution in [-0.2, 0) is 11.3 Å². The second kappa shape index (κ2) is 7.31. The number of nitrogens with one attached hydrogen (secondary N) is 1. The van der Waals surface area contributed by atoms with Crippen LogP contribution in [0.1, 0.15) is 38.3 Å². The molecule has 2 heterocycles. The smallest absolute Gasteiger partial charge is 0.226 e. The van der Waals surface area contributed by atoms with Gasteiger partial charge in [-0.15, -0.1) is 0 Å². The number of hydrogen-bond acceptors (Lipinski definition) is 2. The number of fused-ring (bicyclic) bond motifs is 1. The highest BCUT2D eigenvalue weighted by Gasteiger charge is 2.18. The minimum absolute atomic E-state index is 0.0602. The monoisotopic (exact) mass is 387 g/mol. The summed E-state index contributed by atoms with van der Waals surface area (Å²) in [6, 6.07) is 8.47. The highest BCUT2D eigenvalue weighted by molar-refractivity contribution is 6.31. The lowest BCUT2D eigenvalue weighted by molar-refractivity contribution is -0.117. The molecule has 0 saturated heterocycles. The van der Waals surface area contributed by atoms with Crippen molar-refractivity contribution in [2.45, 2.75) is 40.7 Å². The second-order valence-corrected chi connectivity index (χ2v) is 8.39. The summed E-state index contributed by atoms with van der Waals surface area (Å²) in [5, 5.41) is 3.29. The minimum Gasteiger partial charge on any atom is -0.342 e. The molecule has 0 radical (unpaired) electrons. The zero-order valence-corrected chi connectivity index (χ0v) is 16.7. The average Bonchev–Trinajstić information content (AvgIpc) is 2.91. The molecule has 1 amide bonds. The van der Waals surface area contributed by atoms with Crippen molar-refractivity contribution in [3.63, 3.8) is 0 Å². The van der Waals surface area contributed by atoms with Crippen LogP contribution < -0.4 is 5.32 Å². The lowest BCUT2D eigenvalue weighted by Crippen LogP contribution is -2.20. The Labute approximate surface area is 163 Å². The Hall–Kier alpha value is -2.40. The zero-order valence-electron chi connectivity index (χ0n) is 15.9.